The third-order valence-electron chi connectivity index (χ3n) is 9.69. The first-order valence-electron chi connectivity index (χ1n) is 15.1. The van der Waals surface area contributed by atoms with Gasteiger partial charge in [0.2, 0.25) is 0 Å². The van der Waals surface area contributed by atoms with Gasteiger partial charge in [-0.1, -0.05) is 60.7 Å². The van der Waals surface area contributed by atoms with Gasteiger partial charge in [-0.15, -0.1) is 0 Å². The van der Waals surface area contributed by atoms with Crippen molar-refractivity contribution in [1.82, 2.24) is 9.78 Å². The van der Waals surface area contributed by atoms with Crippen LogP contribution < -0.4 is 10.6 Å². The Morgan fingerprint density at radius 1 is 0.707 bits per heavy atom. The zero-order chi connectivity index (χ0) is 26.9. The van der Waals surface area contributed by atoms with Gasteiger partial charge in [0.15, 0.2) is 0 Å². The Bertz CT molecular complexity index is 1150. The van der Waals surface area contributed by atoms with Gasteiger partial charge in [-0.2, -0.15) is 5.10 Å². The van der Waals surface area contributed by atoms with Gasteiger partial charge in [-0.25, -0.2) is 0 Å². The van der Waals surface area contributed by atoms with E-state index in [9.17, 15) is 0 Å². The molecule has 0 amide bonds. The zero-order valence-corrected chi connectivity index (χ0v) is 25.8. The predicted molar refractivity (Wildman–Crippen MR) is 167 cm³/mol. The first-order valence-corrected chi connectivity index (χ1v) is 16.4. The maximum Gasteiger partial charge on any atom is 2.00 e. The normalized spacial score (nSPS) is 29.8. The minimum atomic E-state index is -0.609. The largest absolute Gasteiger partial charge is 2.00 e. The van der Waals surface area contributed by atoms with Crippen LogP contribution in [-0.2, 0) is 22.5 Å². The molecule has 1 atom stereocenters. The van der Waals surface area contributed by atoms with Crippen molar-refractivity contribution in [2.75, 3.05) is 0 Å². The molecule has 6 aliphatic rings. The van der Waals surface area contributed by atoms with Crippen molar-refractivity contribution in [3.8, 4) is 0 Å². The molecular formula is C37H39FeN2P+2. The molecular weight excluding hydrogens is 559 g/mol. The Morgan fingerprint density at radius 3 is 1.73 bits per heavy atom. The second-order valence-electron chi connectivity index (χ2n) is 12.4. The van der Waals surface area contributed by atoms with Crippen LogP contribution in [0.5, 0.6) is 0 Å². The van der Waals surface area contributed by atoms with Crippen molar-refractivity contribution >= 4 is 18.5 Å². The van der Waals surface area contributed by atoms with Gasteiger partial charge < -0.3 is 0 Å². The monoisotopic (exact) mass is 598 g/mol. The molecule has 0 aliphatic heterocycles. The Kier molecular flexibility index (Phi) is 9.46. The Labute approximate surface area is 260 Å². The van der Waals surface area contributed by atoms with E-state index in [0.29, 0.717) is 5.41 Å². The van der Waals surface area contributed by atoms with Crippen LogP contribution in [0.1, 0.15) is 57.2 Å². The van der Waals surface area contributed by atoms with Gasteiger partial charge >= 0.3 is 17.1 Å². The number of hydrogen-bond acceptors (Lipinski definition) is 1. The summed E-state index contributed by atoms with van der Waals surface area (Å²) in [6.07, 6.45) is 27.8. The van der Waals surface area contributed by atoms with E-state index in [0.717, 1.165) is 17.8 Å². The molecule has 41 heavy (non-hydrogen) atoms. The molecule has 10 radical (unpaired) electrons. The van der Waals surface area contributed by atoms with E-state index >= 15 is 0 Å². The second-order valence-corrected chi connectivity index (χ2v) is 14.6. The SMILES string of the molecule is C[C@@H]([C]1[CH][CH][CH][C]1P(c1ccccc1)c1ccccc1)n1ccc(C23CC4CC(CC(C4)C2)C3)n1.[CH]1[CH][CH][CH][CH]1.[Fe+2]. The molecule has 2 nitrogen and oxygen atoms in total. The van der Waals surface area contributed by atoms with E-state index < -0.39 is 7.92 Å². The van der Waals surface area contributed by atoms with Gasteiger partial charge in [0, 0.05) is 23.2 Å². The summed E-state index contributed by atoms with van der Waals surface area (Å²) in [5, 5.41) is 8.14. The quantitative estimate of drug-likeness (QED) is 0.209. The fraction of sp³-hybridized carbons (Fsp3) is 0.324. The summed E-state index contributed by atoms with van der Waals surface area (Å²) in [6.45, 7) is 2.33. The van der Waals surface area contributed by atoms with E-state index in [4.69, 9.17) is 5.10 Å². The van der Waals surface area contributed by atoms with Crippen LogP contribution in [0.3, 0.4) is 0 Å². The molecule has 9 rings (SSSR count). The number of rotatable bonds is 6. The Morgan fingerprint density at radius 2 is 1.22 bits per heavy atom. The van der Waals surface area contributed by atoms with Crippen LogP contribution in [0.2, 0.25) is 0 Å². The third kappa shape index (κ3) is 6.16. The maximum atomic E-state index is 5.33. The summed E-state index contributed by atoms with van der Waals surface area (Å²) in [4.78, 5) is 0. The molecule has 1 aromatic heterocycles. The Hall–Kier alpha value is -1.40. The van der Waals surface area contributed by atoms with Crippen molar-refractivity contribution < 1.29 is 17.1 Å². The molecule has 6 saturated carbocycles. The molecule has 0 N–H and O–H groups in total. The smallest absolute Gasteiger partial charge is 0.269 e. The van der Waals surface area contributed by atoms with Crippen LogP contribution in [0.15, 0.2) is 72.9 Å². The summed E-state index contributed by atoms with van der Waals surface area (Å²) < 4.78 is 2.26. The van der Waals surface area contributed by atoms with Crippen LogP contribution >= 0.6 is 7.92 Å². The summed E-state index contributed by atoms with van der Waals surface area (Å²) in [6, 6.07) is 24.7. The van der Waals surface area contributed by atoms with Crippen LogP contribution in [0.4, 0.5) is 0 Å². The molecule has 6 fully saturated rings. The van der Waals surface area contributed by atoms with Gasteiger partial charge in [0.05, 0.1) is 11.7 Å². The predicted octanol–water partition coefficient (Wildman–Crippen LogP) is 7.80. The summed E-state index contributed by atoms with van der Waals surface area (Å²) in [7, 11) is -0.609. The molecule has 0 saturated heterocycles. The third-order valence-corrected chi connectivity index (χ3v) is 12.2. The average Bonchev–Trinajstić information content (AvgIpc) is 3.78. The molecule has 1 heterocycles. The molecule has 2 aromatic carbocycles. The van der Waals surface area contributed by atoms with Crippen molar-refractivity contribution in [3.05, 3.63) is 142 Å². The zero-order valence-electron chi connectivity index (χ0n) is 23.8. The summed E-state index contributed by atoms with van der Waals surface area (Å²) in [5.74, 6) is 4.26. The minimum Gasteiger partial charge on any atom is -0.269 e. The van der Waals surface area contributed by atoms with Crippen molar-refractivity contribution in [3.63, 3.8) is 0 Å². The standard InChI is InChI=1S/C32H34N2P.C5H5.Fe/c1-23(34-16-15-31(33-34)32-20-24-17-25(21-32)19-26(18-24)22-32)29-13-8-14-30(29)35(27-9-4-2-5-10-27)28-11-6-3-7-12-28;1-2-4-5-3-1;/h2-16,23-26H,17-22H2,1H3;1-5H;/q;;+2/t23-,24?,25?,26?,32?;;/m0../s1. The van der Waals surface area contributed by atoms with E-state index in [1.807, 2.05) is 32.1 Å². The first-order chi connectivity index (χ1) is 19.7. The molecule has 0 unspecified atom stereocenters. The number of benzene rings is 2. The van der Waals surface area contributed by atoms with Crippen molar-refractivity contribution in [2.24, 2.45) is 17.8 Å². The summed E-state index contributed by atoms with van der Waals surface area (Å²) in [5.41, 5.74) is 3.19. The minimum absolute atomic E-state index is 0. The molecule has 3 aromatic rings. The van der Waals surface area contributed by atoms with Crippen molar-refractivity contribution in [2.45, 2.75) is 56.9 Å². The van der Waals surface area contributed by atoms with Gasteiger partial charge in [0.25, 0.3) is 0 Å². The van der Waals surface area contributed by atoms with Crippen molar-refractivity contribution in [1.29, 1.82) is 0 Å². The van der Waals surface area contributed by atoms with E-state index in [2.05, 4.69) is 104 Å². The molecule has 4 bridgehead atoms. The van der Waals surface area contributed by atoms with Gasteiger partial charge in [-0.3, -0.25) is 4.68 Å². The van der Waals surface area contributed by atoms with Crippen LogP contribution in [0, 0.1) is 80.7 Å². The van der Waals surface area contributed by atoms with Crippen LogP contribution in [0.25, 0.3) is 0 Å². The number of nitrogens with zero attached hydrogens (tertiary/aromatic N) is 2. The van der Waals surface area contributed by atoms with E-state index in [1.54, 1.807) is 0 Å². The fourth-order valence-corrected chi connectivity index (χ4v) is 10.8. The van der Waals surface area contributed by atoms with Gasteiger partial charge in [0.1, 0.15) is 0 Å². The molecule has 0 spiro atoms. The van der Waals surface area contributed by atoms with Gasteiger partial charge in [-0.05, 0) is 139 Å². The van der Waals surface area contributed by atoms with E-state index in [1.165, 1.54) is 66.4 Å². The second kappa shape index (κ2) is 13.1. The molecule has 208 valence electrons. The topological polar surface area (TPSA) is 17.8 Å². The Balaban J connectivity index is 0.000000458. The molecule has 4 heteroatoms. The maximum absolute atomic E-state index is 5.33. The van der Waals surface area contributed by atoms with Crippen LogP contribution in [-0.4, -0.2) is 9.78 Å². The fourth-order valence-electron chi connectivity index (χ4n) is 8.29. The number of hydrogen-bond donors (Lipinski definition) is 0. The van der Waals surface area contributed by atoms with E-state index in [-0.39, 0.29) is 23.1 Å². The number of aromatic nitrogens is 2. The first kappa shape index (κ1) is 29.7. The summed E-state index contributed by atoms with van der Waals surface area (Å²) >= 11 is 0. The molecule has 6 aliphatic carbocycles. The average molecular weight is 599 g/mol.